The lowest BCUT2D eigenvalue weighted by atomic mass is 9.92. The van der Waals surface area contributed by atoms with Crippen LogP contribution >= 0.6 is 0 Å². The molecular formula is C24H17F2NO9. The number of anilines is 1. The van der Waals surface area contributed by atoms with Crippen molar-refractivity contribution in [3.05, 3.63) is 58.3 Å². The van der Waals surface area contributed by atoms with E-state index in [9.17, 15) is 33.4 Å². The number of methoxy groups -OCH3 is 1. The van der Waals surface area contributed by atoms with Crippen molar-refractivity contribution in [2.45, 2.75) is 0 Å². The summed E-state index contributed by atoms with van der Waals surface area (Å²) in [7, 11) is 1.23. The fraction of sp³-hybridized carbons (Fsp3) is 0.125. The highest BCUT2D eigenvalue weighted by Gasteiger charge is 2.26. The SMILES string of the molecule is COc1cc(N(CC(=O)O)CC(=O)O)c(O)cc1-c1c2cc(F)c(=O)cc-2oc2cc(O)c(F)cc12. The first-order valence-corrected chi connectivity index (χ1v) is 10.2. The topological polar surface area (TPSA) is 158 Å². The molecule has 10 nitrogen and oxygen atoms in total. The molecule has 0 saturated heterocycles. The van der Waals surface area contributed by atoms with Gasteiger partial charge < -0.3 is 34.5 Å². The number of rotatable bonds is 7. The van der Waals surface area contributed by atoms with E-state index in [2.05, 4.69) is 0 Å². The number of benzene rings is 3. The maximum Gasteiger partial charge on any atom is 0.323 e. The van der Waals surface area contributed by atoms with Crippen LogP contribution in [0, 0.1) is 11.6 Å². The second-order valence-electron chi connectivity index (χ2n) is 7.74. The van der Waals surface area contributed by atoms with Crippen molar-refractivity contribution in [3.8, 4) is 39.7 Å². The van der Waals surface area contributed by atoms with Crippen molar-refractivity contribution in [2.75, 3.05) is 25.1 Å². The maximum absolute atomic E-state index is 14.3. The van der Waals surface area contributed by atoms with Gasteiger partial charge in [0.05, 0.1) is 12.8 Å². The van der Waals surface area contributed by atoms with Gasteiger partial charge in [0.25, 0.3) is 0 Å². The van der Waals surface area contributed by atoms with E-state index in [1.165, 1.54) is 13.2 Å². The number of nitrogens with zero attached hydrogens (tertiary/aromatic N) is 1. The molecule has 186 valence electrons. The molecule has 0 unspecified atom stereocenters. The van der Waals surface area contributed by atoms with Crippen molar-refractivity contribution >= 4 is 28.6 Å². The largest absolute Gasteiger partial charge is 0.506 e. The van der Waals surface area contributed by atoms with Gasteiger partial charge in [-0.05, 0) is 18.2 Å². The quantitative estimate of drug-likeness (QED) is 0.277. The number of halogens is 2. The minimum Gasteiger partial charge on any atom is -0.506 e. The van der Waals surface area contributed by atoms with Gasteiger partial charge in [0.1, 0.15) is 35.9 Å². The Labute approximate surface area is 200 Å². The number of fused-ring (bicyclic) bond motifs is 2. The third-order valence-corrected chi connectivity index (χ3v) is 5.40. The molecule has 0 amide bonds. The Hall–Kier alpha value is -4.87. The maximum atomic E-state index is 14.3. The van der Waals surface area contributed by atoms with E-state index in [-0.39, 0.29) is 44.9 Å². The average molecular weight is 501 g/mol. The zero-order valence-corrected chi connectivity index (χ0v) is 18.4. The molecule has 2 aromatic carbocycles. The minimum atomic E-state index is -1.36. The molecule has 0 fully saturated rings. The molecular weight excluding hydrogens is 484 g/mol. The number of aromatic hydroxyl groups is 2. The van der Waals surface area contributed by atoms with Crippen molar-refractivity contribution in [3.63, 3.8) is 0 Å². The summed E-state index contributed by atoms with van der Waals surface area (Å²) in [6.07, 6.45) is 0. The summed E-state index contributed by atoms with van der Waals surface area (Å²) in [5.41, 5.74) is -1.13. The smallest absolute Gasteiger partial charge is 0.323 e. The zero-order valence-electron chi connectivity index (χ0n) is 18.4. The van der Waals surface area contributed by atoms with Crippen LogP contribution in [0.2, 0.25) is 0 Å². The fourth-order valence-electron chi connectivity index (χ4n) is 3.92. The number of hydrogen-bond donors (Lipinski definition) is 4. The van der Waals surface area contributed by atoms with Crippen LogP contribution in [0.5, 0.6) is 17.2 Å². The van der Waals surface area contributed by atoms with Crippen LogP contribution < -0.4 is 15.1 Å². The Morgan fingerprint density at radius 2 is 1.58 bits per heavy atom. The van der Waals surface area contributed by atoms with E-state index in [1.54, 1.807) is 0 Å². The van der Waals surface area contributed by atoms with Crippen LogP contribution in [0.4, 0.5) is 14.5 Å². The van der Waals surface area contributed by atoms with Gasteiger partial charge in [-0.2, -0.15) is 0 Å². The number of carboxylic acids is 2. The predicted octanol–water partition coefficient (Wildman–Crippen LogP) is 3.24. The van der Waals surface area contributed by atoms with Gasteiger partial charge in [0.15, 0.2) is 17.4 Å². The van der Waals surface area contributed by atoms with Gasteiger partial charge in [-0.15, -0.1) is 0 Å². The van der Waals surface area contributed by atoms with E-state index < -0.39 is 53.6 Å². The Kier molecular flexibility index (Phi) is 6.10. The standard InChI is InChI=1S/C24H17F2NO9/c1-35-19-5-15(27(8-22(31)32)9-23(33)34)18(30)4-12(19)24-10-2-13(25)16(28)6-20(10)36-21-7-17(29)14(26)3-11(21)24/h2-7,28,30H,8-9H2,1H3,(H,31,32)(H,33,34). The van der Waals surface area contributed by atoms with E-state index in [0.29, 0.717) is 0 Å². The zero-order chi connectivity index (χ0) is 26.3. The van der Waals surface area contributed by atoms with Gasteiger partial charge in [-0.3, -0.25) is 14.4 Å². The molecule has 1 aliphatic heterocycles. The van der Waals surface area contributed by atoms with Crippen LogP contribution in [0.15, 0.2) is 45.6 Å². The normalized spacial score (nSPS) is 11.1. The average Bonchev–Trinajstić information content (AvgIpc) is 2.78. The molecule has 4 N–H and O–H groups in total. The van der Waals surface area contributed by atoms with Crippen LogP contribution in [-0.2, 0) is 9.59 Å². The van der Waals surface area contributed by atoms with Crippen molar-refractivity contribution < 1.29 is 48.0 Å². The molecule has 4 rings (SSSR count). The molecule has 2 aromatic rings. The molecule has 0 radical (unpaired) electrons. The molecule has 0 spiro atoms. The minimum absolute atomic E-state index is 0.00284. The van der Waals surface area contributed by atoms with Crippen LogP contribution in [-0.4, -0.2) is 52.6 Å². The molecule has 36 heavy (non-hydrogen) atoms. The van der Waals surface area contributed by atoms with E-state index in [4.69, 9.17) is 19.4 Å². The second-order valence-corrected chi connectivity index (χ2v) is 7.74. The summed E-state index contributed by atoms with van der Waals surface area (Å²) in [6, 6.07) is 5.89. The van der Waals surface area contributed by atoms with Gasteiger partial charge in [0.2, 0.25) is 5.43 Å². The summed E-state index contributed by atoms with van der Waals surface area (Å²) in [5, 5.41) is 38.9. The summed E-state index contributed by atoms with van der Waals surface area (Å²) < 4.78 is 39.6. The first kappa shape index (κ1) is 24.3. The summed E-state index contributed by atoms with van der Waals surface area (Å²) in [4.78, 5) is 35.3. The predicted molar refractivity (Wildman–Crippen MR) is 122 cm³/mol. The summed E-state index contributed by atoms with van der Waals surface area (Å²) >= 11 is 0. The number of ether oxygens (including phenoxy) is 1. The van der Waals surface area contributed by atoms with E-state index in [1.807, 2.05) is 0 Å². The molecule has 0 atom stereocenters. The van der Waals surface area contributed by atoms with Crippen LogP contribution in [0.1, 0.15) is 0 Å². The van der Waals surface area contributed by atoms with Crippen molar-refractivity contribution in [1.82, 2.24) is 0 Å². The first-order valence-electron chi connectivity index (χ1n) is 10.2. The highest BCUT2D eigenvalue weighted by atomic mass is 19.1. The Morgan fingerprint density at radius 3 is 2.19 bits per heavy atom. The Morgan fingerprint density at radius 1 is 0.917 bits per heavy atom. The summed E-state index contributed by atoms with van der Waals surface area (Å²) in [6.45, 7) is -1.53. The van der Waals surface area contributed by atoms with Crippen LogP contribution in [0.3, 0.4) is 0 Å². The third kappa shape index (κ3) is 4.31. The molecule has 1 heterocycles. The number of phenols is 2. The third-order valence-electron chi connectivity index (χ3n) is 5.40. The molecule has 0 aromatic heterocycles. The molecule has 1 aliphatic carbocycles. The lowest BCUT2D eigenvalue weighted by Gasteiger charge is -2.24. The van der Waals surface area contributed by atoms with Gasteiger partial charge in [0, 0.05) is 40.3 Å². The monoisotopic (exact) mass is 501 g/mol. The Bertz CT molecular complexity index is 1550. The number of aliphatic carboxylic acids is 2. The summed E-state index contributed by atoms with van der Waals surface area (Å²) in [5.74, 6) is -6.34. The van der Waals surface area contributed by atoms with Gasteiger partial charge in [-0.25, -0.2) is 8.78 Å². The highest BCUT2D eigenvalue weighted by molar-refractivity contribution is 6.04. The number of carbonyl (C=O) groups is 2. The van der Waals surface area contributed by atoms with E-state index >= 15 is 0 Å². The van der Waals surface area contributed by atoms with E-state index in [0.717, 1.165) is 35.2 Å². The molecule has 12 heteroatoms. The fourth-order valence-corrected chi connectivity index (χ4v) is 3.92. The van der Waals surface area contributed by atoms with Crippen LogP contribution in [0.25, 0.3) is 33.4 Å². The van der Waals surface area contributed by atoms with Gasteiger partial charge in [-0.1, -0.05) is 0 Å². The molecule has 0 saturated carbocycles. The lowest BCUT2D eigenvalue weighted by Crippen LogP contribution is -2.34. The highest BCUT2D eigenvalue weighted by Crippen LogP contribution is 2.47. The van der Waals surface area contributed by atoms with Crippen molar-refractivity contribution in [1.29, 1.82) is 0 Å². The lowest BCUT2D eigenvalue weighted by molar-refractivity contribution is -0.136. The molecule has 0 bridgehead atoms. The first-order chi connectivity index (χ1) is 17.0. The number of hydrogen-bond acceptors (Lipinski definition) is 8. The number of phenolic OH excluding ortho intramolecular Hbond substituents is 2. The Balaban J connectivity index is 2.08. The van der Waals surface area contributed by atoms with Gasteiger partial charge >= 0.3 is 11.9 Å². The van der Waals surface area contributed by atoms with Crippen molar-refractivity contribution in [2.24, 2.45) is 0 Å². The molecule has 2 aliphatic rings. The second kappa shape index (κ2) is 9.06. The number of carboxylic acid groups (broad SMARTS) is 2.